The Labute approximate surface area is 110 Å². The summed E-state index contributed by atoms with van der Waals surface area (Å²) in [6.07, 6.45) is 0. The van der Waals surface area contributed by atoms with Gasteiger partial charge in [0.2, 0.25) is 0 Å². The number of hydrogen-bond donors (Lipinski definition) is 2. The zero-order valence-electron chi connectivity index (χ0n) is 12.0. The summed E-state index contributed by atoms with van der Waals surface area (Å²) in [5.41, 5.74) is 0.890. The molecule has 0 radical (unpaired) electrons. The molecule has 0 saturated carbocycles. The van der Waals surface area contributed by atoms with E-state index >= 15 is 0 Å². The van der Waals surface area contributed by atoms with Crippen LogP contribution in [-0.4, -0.2) is 23.4 Å². The van der Waals surface area contributed by atoms with E-state index in [2.05, 4.69) is 19.2 Å². The molecule has 0 aliphatic heterocycles. The van der Waals surface area contributed by atoms with Crippen molar-refractivity contribution in [2.45, 2.75) is 52.3 Å². The molecule has 1 unspecified atom stereocenters. The van der Waals surface area contributed by atoms with Crippen LogP contribution in [0.1, 0.15) is 46.2 Å². The van der Waals surface area contributed by atoms with Crippen LogP contribution in [0.2, 0.25) is 0 Å². The normalized spacial score (nSPS) is 13.7. The van der Waals surface area contributed by atoms with E-state index in [1.165, 1.54) is 0 Å². The van der Waals surface area contributed by atoms with Crippen LogP contribution >= 0.6 is 0 Å². The molecule has 3 heteroatoms. The monoisotopic (exact) mass is 251 g/mol. The predicted octanol–water partition coefficient (Wildman–Crippen LogP) is 2.90. The summed E-state index contributed by atoms with van der Waals surface area (Å²) in [6, 6.07) is 8.21. The Balaban J connectivity index is 2.74. The number of nitrogens with one attached hydrogen (secondary N) is 1. The quantitative estimate of drug-likeness (QED) is 0.845. The summed E-state index contributed by atoms with van der Waals surface area (Å²) in [5.74, 6) is 0.854. The Kier molecular flexibility index (Phi) is 5.17. The molecule has 0 aliphatic rings. The van der Waals surface area contributed by atoms with Crippen molar-refractivity contribution < 1.29 is 9.84 Å². The maximum absolute atomic E-state index is 9.39. The van der Waals surface area contributed by atoms with Crippen molar-refractivity contribution in [1.29, 1.82) is 0 Å². The molecule has 3 nitrogen and oxygen atoms in total. The van der Waals surface area contributed by atoms with Crippen molar-refractivity contribution in [2.24, 2.45) is 0 Å². The molecule has 0 heterocycles. The standard InChI is InChI=1S/C15H25NO2/c1-11(2)16-14(10-17)12-6-8-13(9-7-12)18-15(3,4)5/h6-9,11,14,16-17H,10H2,1-5H3. The fourth-order valence-corrected chi connectivity index (χ4v) is 1.78. The van der Waals surface area contributed by atoms with E-state index in [0.29, 0.717) is 6.04 Å². The number of aliphatic hydroxyl groups excluding tert-OH is 1. The Morgan fingerprint density at radius 2 is 1.72 bits per heavy atom. The highest BCUT2D eigenvalue weighted by molar-refractivity contribution is 5.29. The van der Waals surface area contributed by atoms with Crippen LogP contribution in [-0.2, 0) is 0 Å². The average molecular weight is 251 g/mol. The molecule has 0 aliphatic carbocycles. The number of rotatable bonds is 5. The maximum atomic E-state index is 9.39. The van der Waals surface area contributed by atoms with Crippen molar-refractivity contribution in [3.63, 3.8) is 0 Å². The van der Waals surface area contributed by atoms with Crippen LogP contribution in [0.4, 0.5) is 0 Å². The molecule has 0 fully saturated rings. The molecule has 2 N–H and O–H groups in total. The van der Waals surface area contributed by atoms with Gasteiger partial charge in [-0.2, -0.15) is 0 Å². The van der Waals surface area contributed by atoms with E-state index in [1.807, 2.05) is 45.0 Å². The van der Waals surface area contributed by atoms with Gasteiger partial charge in [-0.3, -0.25) is 0 Å². The lowest BCUT2D eigenvalue weighted by molar-refractivity contribution is 0.131. The van der Waals surface area contributed by atoms with Gasteiger partial charge in [0, 0.05) is 6.04 Å². The van der Waals surface area contributed by atoms with Crippen LogP contribution in [0.5, 0.6) is 5.75 Å². The summed E-state index contributed by atoms with van der Waals surface area (Å²) < 4.78 is 5.77. The van der Waals surface area contributed by atoms with Gasteiger partial charge in [0.15, 0.2) is 0 Å². The first-order valence-corrected chi connectivity index (χ1v) is 6.47. The van der Waals surface area contributed by atoms with E-state index in [0.717, 1.165) is 11.3 Å². The minimum Gasteiger partial charge on any atom is -0.488 e. The third-order valence-electron chi connectivity index (χ3n) is 2.42. The topological polar surface area (TPSA) is 41.5 Å². The van der Waals surface area contributed by atoms with Crippen LogP contribution in [0.3, 0.4) is 0 Å². The van der Waals surface area contributed by atoms with Crippen molar-refractivity contribution in [2.75, 3.05) is 6.61 Å². The van der Waals surface area contributed by atoms with Gasteiger partial charge in [0.25, 0.3) is 0 Å². The first kappa shape index (κ1) is 15.0. The predicted molar refractivity (Wildman–Crippen MR) is 74.9 cm³/mol. The maximum Gasteiger partial charge on any atom is 0.120 e. The van der Waals surface area contributed by atoms with Crippen molar-refractivity contribution in [3.8, 4) is 5.75 Å². The molecule has 0 amide bonds. The van der Waals surface area contributed by atoms with Crippen molar-refractivity contribution in [3.05, 3.63) is 29.8 Å². The van der Waals surface area contributed by atoms with Gasteiger partial charge in [-0.15, -0.1) is 0 Å². The smallest absolute Gasteiger partial charge is 0.120 e. The second kappa shape index (κ2) is 6.21. The van der Waals surface area contributed by atoms with Gasteiger partial charge in [-0.1, -0.05) is 26.0 Å². The molecule has 1 aromatic rings. The third-order valence-corrected chi connectivity index (χ3v) is 2.42. The summed E-state index contributed by atoms with van der Waals surface area (Å²) in [5, 5.41) is 12.7. The summed E-state index contributed by atoms with van der Waals surface area (Å²) >= 11 is 0. The number of hydrogen-bond acceptors (Lipinski definition) is 3. The highest BCUT2D eigenvalue weighted by Gasteiger charge is 2.14. The highest BCUT2D eigenvalue weighted by atomic mass is 16.5. The van der Waals surface area contributed by atoms with Crippen LogP contribution in [0.15, 0.2) is 24.3 Å². The van der Waals surface area contributed by atoms with E-state index in [4.69, 9.17) is 4.74 Å². The number of ether oxygens (including phenoxy) is 1. The highest BCUT2D eigenvalue weighted by Crippen LogP contribution is 2.21. The Hall–Kier alpha value is -1.06. The van der Waals surface area contributed by atoms with E-state index in [-0.39, 0.29) is 18.2 Å². The Morgan fingerprint density at radius 3 is 2.11 bits per heavy atom. The lowest BCUT2D eigenvalue weighted by Crippen LogP contribution is -2.30. The van der Waals surface area contributed by atoms with Gasteiger partial charge in [-0.05, 0) is 38.5 Å². The molecule has 1 rings (SSSR count). The minimum absolute atomic E-state index is 0.0197. The SMILES string of the molecule is CC(C)NC(CO)c1ccc(OC(C)(C)C)cc1. The van der Waals surface area contributed by atoms with E-state index < -0.39 is 0 Å². The van der Waals surface area contributed by atoms with Crippen LogP contribution < -0.4 is 10.1 Å². The summed E-state index contributed by atoms with van der Waals surface area (Å²) in [4.78, 5) is 0. The van der Waals surface area contributed by atoms with Gasteiger partial charge in [0.05, 0.1) is 12.6 Å². The molecule has 102 valence electrons. The summed E-state index contributed by atoms with van der Waals surface area (Å²) in [6.45, 7) is 10.3. The molecular weight excluding hydrogens is 226 g/mol. The first-order chi connectivity index (χ1) is 8.31. The lowest BCUT2D eigenvalue weighted by Gasteiger charge is -2.23. The average Bonchev–Trinajstić information content (AvgIpc) is 2.24. The van der Waals surface area contributed by atoms with Gasteiger partial charge in [0.1, 0.15) is 11.4 Å². The number of aliphatic hydroxyl groups is 1. The van der Waals surface area contributed by atoms with Gasteiger partial charge < -0.3 is 15.2 Å². The fraction of sp³-hybridized carbons (Fsp3) is 0.600. The third kappa shape index (κ3) is 5.07. The second-order valence-electron chi connectivity index (χ2n) is 5.84. The number of benzene rings is 1. The molecule has 0 spiro atoms. The Morgan fingerprint density at radius 1 is 1.17 bits per heavy atom. The van der Waals surface area contributed by atoms with Gasteiger partial charge >= 0.3 is 0 Å². The van der Waals surface area contributed by atoms with E-state index in [9.17, 15) is 5.11 Å². The molecule has 0 saturated heterocycles. The first-order valence-electron chi connectivity index (χ1n) is 6.47. The molecule has 0 aromatic heterocycles. The summed E-state index contributed by atoms with van der Waals surface area (Å²) in [7, 11) is 0. The van der Waals surface area contributed by atoms with Crippen LogP contribution in [0, 0.1) is 0 Å². The zero-order valence-corrected chi connectivity index (χ0v) is 12.0. The van der Waals surface area contributed by atoms with Gasteiger partial charge in [-0.25, -0.2) is 0 Å². The minimum atomic E-state index is -0.186. The van der Waals surface area contributed by atoms with Crippen molar-refractivity contribution in [1.82, 2.24) is 5.32 Å². The molecule has 0 bridgehead atoms. The lowest BCUT2D eigenvalue weighted by atomic mass is 10.1. The molecule has 1 aromatic carbocycles. The fourth-order valence-electron chi connectivity index (χ4n) is 1.78. The zero-order chi connectivity index (χ0) is 13.8. The molecule has 1 atom stereocenters. The second-order valence-corrected chi connectivity index (χ2v) is 5.84. The van der Waals surface area contributed by atoms with Crippen molar-refractivity contribution >= 4 is 0 Å². The molecular formula is C15H25NO2. The largest absolute Gasteiger partial charge is 0.488 e. The van der Waals surface area contributed by atoms with Crippen LogP contribution in [0.25, 0.3) is 0 Å². The molecule has 18 heavy (non-hydrogen) atoms. The van der Waals surface area contributed by atoms with E-state index in [1.54, 1.807) is 0 Å². The Bertz CT molecular complexity index is 352.